The molecule has 0 aliphatic carbocycles. The molecule has 0 spiro atoms. The highest BCUT2D eigenvalue weighted by Crippen LogP contribution is 2.20. The van der Waals surface area contributed by atoms with Crippen molar-refractivity contribution in [3.63, 3.8) is 0 Å². The SMILES string of the molecule is Nc1ccc2c(CF)cc(=O)oc2c1. The molecule has 0 atom stereocenters. The Labute approximate surface area is 78.9 Å². The van der Waals surface area contributed by atoms with Crippen molar-refractivity contribution in [3.8, 4) is 0 Å². The van der Waals surface area contributed by atoms with Crippen LogP contribution in [0.2, 0.25) is 0 Å². The molecule has 1 aromatic heterocycles. The zero-order valence-electron chi connectivity index (χ0n) is 7.29. The molecule has 0 radical (unpaired) electrons. The van der Waals surface area contributed by atoms with Gasteiger partial charge in [0.25, 0.3) is 0 Å². The first-order valence-corrected chi connectivity index (χ1v) is 4.09. The average Bonchev–Trinajstić information content (AvgIpc) is 2.15. The summed E-state index contributed by atoms with van der Waals surface area (Å²) >= 11 is 0. The predicted octanol–water partition coefficient (Wildman–Crippen LogP) is 1.84. The summed E-state index contributed by atoms with van der Waals surface area (Å²) < 4.78 is 17.4. The first-order chi connectivity index (χ1) is 6.70. The van der Waals surface area contributed by atoms with Gasteiger partial charge in [-0.3, -0.25) is 0 Å². The number of halogens is 1. The average molecular weight is 193 g/mol. The highest BCUT2D eigenvalue weighted by molar-refractivity contribution is 5.82. The fourth-order valence-corrected chi connectivity index (χ4v) is 1.36. The van der Waals surface area contributed by atoms with Crippen molar-refractivity contribution in [1.82, 2.24) is 0 Å². The van der Waals surface area contributed by atoms with E-state index in [4.69, 9.17) is 10.2 Å². The molecule has 0 bridgehead atoms. The van der Waals surface area contributed by atoms with Gasteiger partial charge in [-0.05, 0) is 12.1 Å². The summed E-state index contributed by atoms with van der Waals surface area (Å²) in [6.45, 7) is -0.688. The number of anilines is 1. The Morgan fingerprint density at radius 1 is 1.36 bits per heavy atom. The smallest absolute Gasteiger partial charge is 0.336 e. The maximum atomic E-state index is 12.5. The van der Waals surface area contributed by atoms with Crippen molar-refractivity contribution in [1.29, 1.82) is 0 Å². The minimum atomic E-state index is -0.688. The van der Waals surface area contributed by atoms with Crippen LogP contribution in [0.3, 0.4) is 0 Å². The number of hydrogen-bond acceptors (Lipinski definition) is 3. The van der Waals surface area contributed by atoms with Gasteiger partial charge in [-0.2, -0.15) is 0 Å². The molecule has 0 saturated carbocycles. The number of nitrogens with two attached hydrogens (primary N) is 1. The van der Waals surface area contributed by atoms with Crippen LogP contribution in [0.15, 0.2) is 33.5 Å². The Balaban J connectivity index is 2.87. The van der Waals surface area contributed by atoms with Crippen LogP contribution in [0, 0.1) is 0 Å². The Morgan fingerprint density at radius 2 is 2.14 bits per heavy atom. The van der Waals surface area contributed by atoms with Gasteiger partial charge in [0.2, 0.25) is 0 Å². The predicted molar refractivity (Wildman–Crippen MR) is 51.7 cm³/mol. The fraction of sp³-hybridized carbons (Fsp3) is 0.100. The van der Waals surface area contributed by atoms with E-state index < -0.39 is 12.3 Å². The third-order valence-corrected chi connectivity index (χ3v) is 2.00. The minimum absolute atomic E-state index is 0.324. The Morgan fingerprint density at radius 3 is 2.86 bits per heavy atom. The van der Waals surface area contributed by atoms with E-state index in [0.29, 0.717) is 22.2 Å². The molecular weight excluding hydrogens is 185 g/mol. The van der Waals surface area contributed by atoms with Crippen molar-refractivity contribution in [2.75, 3.05) is 5.73 Å². The third-order valence-electron chi connectivity index (χ3n) is 2.00. The van der Waals surface area contributed by atoms with E-state index >= 15 is 0 Å². The Bertz CT molecular complexity index is 533. The molecule has 1 heterocycles. The van der Waals surface area contributed by atoms with Gasteiger partial charge in [0, 0.05) is 28.8 Å². The Hall–Kier alpha value is -1.84. The molecule has 0 fully saturated rings. The number of fused-ring (bicyclic) bond motifs is 1. The molecular formula is C10H8FNO2. The number of alkyl halides is 1. The molecule has 1 aromatic carbocycles. The van der Waals surface area contributed by atoms with Crippen LogP contribution in [0.4, 0.5) is 10.1 Å². The van der Waals surface area contributed by atoms with Gasteiger partial charge in [-0.1, -0.05) is 0 Å². The molecule has 3 nitrogen and oxygen atoms in total. The summed E-state index contributed by atoms with van der Waals surface area (Å²) in [7, 11) is 0. The van der Waals surface area contributed by atoms with E-state index in [1.54, 1.807) is 12.1 Å². The largest absolute Gasteiger partial charge is 0.423 e. The second kappa shape index (κ2) is 3.14. The summed E-state index contributed by atoms with van der Waals surface area (Å²) in [6, 6.07) is 5.94. The lowest BCUT2D eigenvalue weighted by atomic mass is 10.1. The number of nitrogen functional groups attached to an aromatic ring is 1. The number of rotatable bonds is 1. The summed E-state index contributed by atoms with van der Waals surface area (Å²) in [5, 5.41) is 0.585. The summed E-state index contributed by atoms with van der Waals surface area (Å²) in [6.07, 6.45) is 0. The number of benzene rings is 1. The minimum Gasteiger partial charge on any atom is -0.423 e. The monoisotopic (exact) mass is 193 g/mol. The van der Waals surface area contributed by atoms with Gasteiger partial charge < -0.3 is 10.2 Å². The first kappa shape index (κ1) is 8.74. The van der Waals surface area contributed by atoms with Crippen LogP contribution in [-0.2, 0) is 6.67 Å². The molecule has 2 rings (SSSR count). The van der Waals surface area contributed by atoms with Gasteiger partial charge >= 0.3 is 5.63 Å². The maximum Gasteiger partial charge on any atom is 0.336 e. The molecule has 2 aromatic rings. The zero-order valence-corrected chi connectivity index (χ0v) is 7.29. The van der Waals surface area contributed by atoms with Crippen LogP contribution in [-0.4, -0.2) is 0 Å². The molecule has 0 aliphatic heterocycles. The standard InChI is InChI=1S/C10H8FNO2/c11-5-6-3-10(13)14-9-4-7(12)1-2-8(6)9/h1-4H,5,12H2. The van der Waals surface area contributed by atoms with Gasteiger partial charge in [0.1, 0.15) is 12.3 Å². The van der Waals surface area contributed by atoms with E-state index in [-0.39, 0.29) is 0 Å². The van der Waals surface area contributed by atoms with Gasteiger partial charge in [-0.15, -0.1) is 0 Å². The number of hydrogen-bond donors (Lipinski definition) is 1. The molecule has 72 valence electrons. The van der Waals surface area contributed by atoms with Crippen molar-refractivity contribution in [2.45, 2.75) is 6.67 Å². The van der Waals surface area contributed by atoms with Crippen LogP contribution < -0.4 is 11.4 Å². The molecule has 0 amide bonds. The summed E-state index contributed by atoms with van der Waals surface area (Å²) in [5.41, 5.74) is 6.09. The molecule has 14 heavy (non-hydrogen) atoms. The summed E-state index contributed by atoms with van der Waals surface area (Å²) in [4.78, 5) is 11.0. The third kappa shape index (κ3) is 1.35. The van der Waals surface area contributed by atoms with Crippen molar-refractivity contribution >= 4 is 16.7 Å². The van der Waals surface area contributed by atoms with E-state index in [2.05, 4.69) is 0 Å². The van der Waals surface area contributed by atoms with Crippen LogP contribution in [0.5, 0.6) is 0 Å². The molecule has 0 aliphatic rings. The van der Waals surface area contributed by atoms with Crippen LogP contribution >= 0.6 is 0 Å². The lowest BCUT2D eigenvalue weighted by molar-refractivity contribution is 0.481. The highest BCUT2D eigenvalue weighted by Gasteiger charge is 2.04. The van der Waals surface area contributed by atoms with E-state index in [1.807, 2.05) is 0 Å². The van der Waals surface area contributed by atoms with Crippen LogP contribution in [0.1, 0.15) is 5.56 Å². The van der Waals surface area contributed by atoms with E-state index in [0.717, 1.165) is 6.07 Å². The van der Waals surface area contributed by atoms with Crippen molar-refractivity contribution < 1.29 is 8.81 Å². The van der Waals surface area contributed by atoms with E-state index in [9.17, 15) is 9.18 Å². The molecule has 4 heteroatoms. The summed E-state index contributed by atoms with van der Waals surface area (Å²) in [5.74, 6) is 0. The second-order valence-electron chi connectivity index (χ2n) is 2.98. The van der Waals surface area contributed by atoms with Crippen LogP contribution in [0.25, 0.3) is 11.0 Å². The highest BCUT2D eigenvalue weighted by atomic mass is 19.1. The lowest BCUT2D eigenvalue weighted by Gasteiger charge is -2.01. The topological polar surface area (TPSA) is 56.2 Å². The Kier molecular flexibility index (Phi) is 1.96. The van der Waals surface area contributed by atoms with E-state index in [1.165, 1.54) is 6.07 Å². The van der Waals surface area contributed by atoms with Gasteiger partial charge in [0.05, 0.1) is 0 Å². The van der Waals surface area contributed by atoms with Crippen molar-refractivity contribution in [2.24, 2.45) is 0 Å². The quantitative estimate of drug-likeness (QED) is 0.555. The molecule has 0 unspecified atom stereocenters. The lowest BCUT2D eigenvalue weighted by Crippen LogP contribution is -1.99. The fourth-order valence-electron chi connectivity index (χ4n) is 1.36. The molecule has 0 saturated heterocycles. The van der Waals surface area contributed by atoms with Crippen molar-refractivity contribution in [3.05, 3.63) is 40.2 Å². The second-order valence-corrected chi connectivity index (χ2v) is 2.98. The maximum absolute atomic E-state index is 12.5. The first-order valence-electron chi connectivity index (χ1n) is 4.09. The van der Waals surface area contributed by atoms with Gasteiger partial charge in [0.15, 0.2) is 0 Å². The van der Waals surface area contributed by atoms with Gasteiger partial charge in [-0.25, -0.2) is 9.18 Å². The molecule has 2 N–H and O–H groups in total. The zero-order chi connectivity index (χ0) is 10.1. The normalized spacial score (nSPS) is 10.6.